The first-order valence-corrected chi connectivity index (χ1v) is 16.6. The van der Waals surface area contributed by atoms with Gasteiger partial charge in [-0.05, 0) is 41.8 Å². The Hall–Kier alpha value is -6.17. The molecule has 4 aromatic heterocycles. The zero-order valence-corrected chi connectivity index (χ0v) is 27.4. The Bertz CT molecular complexity index is 2370. The maximum Gasteiger partial charge on any atom is 0.389 e. The number of allylic oxidation sites excluding steroid dienone is 4. The van der Waals surface area contributed by atoms with Gasteiger partial charge in [0.2, 0.25) is 11.7 Å². The molecule has 12 heteroatoms. The van der Waals surface area contributed by atoms with Crippen molar-refractivity contribution in [2.24, 2.45) is 5.92 Å². The standard InChI is InChI=1S/C40H29F5N6O/c41-31-17-10-18-32(42)36(31)37-30(26-19-20-34-46-23-33(50(34)24-26)38-47-35(52-49-38)21-22-39(43,44)45)25-51(48-37)40(27-11-4-1-5-12-27,28-13-6-2-7-14-28)29-15-8-3-9-16-29/h1-15,17-20,23-25,29H,16,21-22H2. The lowest BCUT2D eigenvalue weighted by Crippen LogP contribution is -2.43. The number of alkyl halides is 3. The molecule has 7 aromatic rings. The van der Waals surface area contributed by atoms with Crippen molar-refractivity contribution < 1.29 is 26.5 Å². The van der Waals surface area contributed by atoms with Gasteiger partial charge in [-0.15, -0.1) is 0 Å². The maximum absolute atomic E-state index is 15.7. The quantitative estimate of drug-likeness (QED) is 0.140. The van der Waals surface area contributed by atoms with E-state index >= 15 is 8.78 Å². The first kappa shape index (κ1) is 33.0. The minimum Gasteiger partial charge on any atom is -0.339 e. The maximum atomic E-state index is 15.7. The number of hydrogen-bond donors (Lipinski definition) is 0. The third kappa shape index (κ3) is 5.89. The normalized spacial score (nSPS) is 14.8. The summed E-state index contributed by atoms with van der Waals surface area (Å²) in [6.07, 6.45) is 7.93. The van der Waals surface area contributed by atoms with E-state index < -0.39 is 36.2 Å². The highest BCUT2D eigenvalue weighted by molar-refractivity contribution is 5.82. The van der Waals surface area contributed by atoms with Gasteiger partial charge in [-0.1, -0.05) is 96.2 Å². The number of pyridine rings is 1. The number of nitrogens with zero attached hydrogens (tertiary/aromatic N) is 6. The number of fused-ring (bicyclic) bond motifs is 1. The summed E-state index contributed by atoms with van der Waals surface area (Å²) in [5.41, 5.74) is 2.47. The van der Waals surface area contributed by atoms with Crippen LogP contribution in [0.25, 0.3) is 39.5 Å². The molecule has 1 aliphatic carbocycles. The molecule has 260 valence electrons. The van der Waals surface area contributed by atoms with E-state index in [1.807, 2.05) is 83.7 Å². The van der Waals surface area contributed by atoms with Crippen LogP contribution in [0.5, 0.6) is 0 Å². The van der Waals surface area contributed by atoms with Gasteiger partial charge in [0.05, 0.1) is 18.2 Å². The number of imidazole rings is 1. The smallest absolute Gasteiger partial charge is 0.339 e. The Morgan fingerprint density at radius 2 is 1.52 bits per heavy atom. The van der Waals surface area contributed by atoms with Gasteiger partial charge in [-0.2, -0.15) is 23.3 Å². The van der Waals surface area contributed by atoms with E-state index in [1.165, 1.54) is 24.4 Å². The van der Waals surface area contributed by atoms with Crippen molar-refractivity contribution in [3.05, 3.63) is 163 Å². The van der Waals surface area contributed by atoms with E-state index in [-0.39, 0.29) is 28.9 Å². The molecule has 0 saturated heterocycles. The minimum atomic E-state index is -4.38. The van der Waals surface area contributed by atoms with Crippen LogP contribution in [0, 0.1) is 17.6 Å². The van der Waals surface area contributed by atoms with E-state index in [0.717, 1.165) is 11.1 Å². The zero-order chi connectivity index (χ0) is 35.9. The third-order valence-corrected chi connectivity index (χ3v) is 9.36. The number of rotatable bonds is 9. The fourth-order valence-electron chi connectivity index (χ4n) is 6.99. The largest absolute Gasteiger partial charge is 0.389 e. The van der Waals surface area contributed by atoms with Crippen LogP contribution >= 0.6 is 0 Å². The lowest BCUT2D eigenvalue weighted by molar-refractivity contribution is -0.134. The summed E-state index contributed by atoms with van der Waals surface area (Å²) in [4.78, 5) is 8.61. The topological polar surface area (TPSA) is 74.0 Å². The van der Waals surface area contributed by atoms with E-state index in [2.05, 4.69) is 27.3 Å². The molecule has 1 aliphatic rings. The number of hydrogen-bond acceptors (Lipinski definition) is 5. The summed E-state index contributed by atoms with van der Waals surface area (Å²) in [7, 11) is 0. The van der Waals surface area contributed by atoms with E-state index in [0.29, 0.717) is 28.9 Å². The molecule has 0 aliphatic heterocycles. The summed E-state index contributed by atoms with van der Waals surface area (Å²) in [5, 5.41) is 9.01. The summed E-state index contributed by atoms with van der Waals surface area (Å²) >= 11 is 0. The monoisotopic (exact) mass is 704 g/mol. The SMILES string of the molecule is Fc1cccc(F)c1-c1nn(C(c2ccccc2)(c2ccccc2)C2C=CC=CC2)cc1-c1ccc2ncc(-c3noc(CCC(F)(F)F)n3)n2c1. The third-order valence-electron chi connectivity index (χ3n) is 9.36. The van der Waals surface area contributed by atoms with Crippen LogP contribution in [-0.4, -0.2) is 35.5 Å². The van der Waals surface area contributed by atoms with Crippen molar-refractivity contribution in [3.63, 3.8) is 0 Å². The molecule has 7 nitrogen and oxygen atoms in total. The van der Waals surface area contributed by atoms with Gasteiger partial charge in [0.25, 0.3) is 0 Å². The first-order chi connectivity index (χ1) is 25.2. The lowest BCUT2D eigenvalue weighted by atomic mass is 9.70. The number of benzene rings is 3. The predicted molar refractivity (Wildman–Crippen MR) is 185 cm³/mol. The van der Waals surface area contributed by atoms with Crippen molar-refractivity contribution in [3.8, 4) is 33.9 Å². The van der Waals surface area contributed by atoms with E-state index in [4.69, 9.17) is 9.62 Å². The van der Waals surface area contributed by atoms with Crippen LogP contribution in [-0.2, 0) is 12.0 Å². The Labute approximate surface area is 294 Å². The number of aryl methyl sites for hydroxylation is 1. The molecule has 0 saturated carbocycles. The fourth-order valence-corrected chi connectivity index (χ4v) is 6.99. The molecule has 3 aromatic carbocycles. The van der Waals surface area contributed by atoms with Crippen LogP contribution in [0.4, 0.5) is 22.0 Å². The molecule has 0 bridgehead atoms. The van der Waals surface area contributed by atoms with Gasteiger partial charge < -0.3 is 4.52 Å². The number of aromatic nitrogens is 6. The van der Waals surface area contributed by atoms with Crippen LogP contribution < -0.4 is 0 Å². The molecular formula is C40H29F5N6O. The molecule has 52 heavy (non-hydrogen) atoms. The average Bonchev–Trinajstić information content (AvgIpc) is 3.91. The molecule has 4 heterocycles. The first-order valence-electron chi connectivity index (χ1n) is 16.6. The van der Waals surface area contributed by atoms with Crippen molar-refractivity contribution in [1.82, 2.24) is 29.3 Å². The minimum absolute atomic E-state index is 0.0437. The molecule has 0 N–H and O–H groups in total. The molecule has 0 spiro atoms. The zero-order valence-electron chi connectivity index (χ0n) is 27.4. The fraction of sp³-hybridized carbons (Fsp3) is 0.150. The second-order valence-electron chi connectivity index (χ2n) is 12.5. The Morgan fingerprint density at radius 3 is 2.17 bits per heavy atom. The molecule has 0 amide bonds. The Morgan fingerprint density at radius 1 is 0.808 bits per heavy atom. The van der Waals surface area contributed by atoms with Gasteiger partial charge in [0.1, 0.15) is 34.2 Å². The lowest BCUT2D eigenvalue weighted by Gasteiger charge is -2.41. The molecule has 1 atom stereocenters. The van der Waals surface area contributed by atoms with E-state index in [1.54, 1.807) is 22.7 Å². The highest BCUT2D eigenvalue weighted by Crippen LogP contribution is 2.46. The van der Waals surface area contributed by atoms with Crippen LogP contribution in [0.2, 0.25) is 0 Å². The highest BCUT2D eigenvalue weighted by Gasteiger charge is 2.44. The van der Waals surface area contributed by atoms with Gasteiger partial charge in [0.15, 0.2) is 0 Å². The van der Waals surface area contributed by atoms with Crippen LogP contribution in [0.15, 0.2) is 138 Å². The molecule has 1 unspecified atom stereocenters. The second-order valence-corrected chi connectivity index (χ2v) is 12.5. The van der Waals surface area contributed by atoms with Gasteiger partial charge in [-0.3, -0.25) is 9.08 Å². The average molecular weight is 705 g/mol. The molecule has 8 rings (SSSR count). The van der Waals surface area contributed by atoms with Crippen molar-refractivity contribution in [2.45, 2.75) is 31.0 Å². The van der Waals surface area contributed by atoms with Crippen molar-refractivity contribution in [2.75, 3.05) is 0 Å². The van der Waals surface area contributed by atoms with Crippen LogP contribution in [0.3, 0.4) is 0 Å². The Balaban J connectivity index is 1.35. The molecule has 0 fully saturated rings. The molecular weight excluding hydrogens is 675 g/mol. The van der Waals surface area contributed by atoms with Crippen molar-refractivity contribution >= 4 is 5.65 Å². The Kier molecular flexibility index (Phi) is 8.37. The summed E-state index contributed by atoms with van der Waals surface area (Å²) in [6, 6.07) is 27.0. The van der Waals surface area contributed by atoms with Gasteiger partial charge >= 0.3 is 6.18 Å². The highest BCUT2D eigenvalue weighted by atomic mass is 19.4. The molecule has 0 radical (unpaired) electrons. The summed E-state index contributed by atoms with van der Waals surface area (Å²) in [5.74, 6) is -1.83. The second kappa shape index (κ2) is 13.2. The number of halogens is 5. The predicted octanol–water partition coefficient (Wildman–Crippen LogP) is 9.61. The summed E-state index contributed by atoms with van der Waals surface area (Å²) < 4.78 is 78.6. The van der Waals surface area contributed by atoms with Gasteiger partial charge in [-0.25, -0.2) is 13.8 Å². The van der Waals surface area contributed by atoms with Crippen molar-refractivity contribution in [1.29, 1.82) is 0 Å². The summed E-state index contributed by atoms with van der Waals surface area (Å²) in [6.45, 7) is 0. The van der Waals surface area contributed by atoms with Crippen LogP contribution in [0.1, 0.15) is 29.9 Å². The van der Waals surface area contributed by atoms with Gasteiger partial charge in [0, 0.05) is 35.9 Å². The van der Waals surface area contributed by atoms with E-state index in [9.17, 15) is 13.2 Å².